The fourth-order valence-electron chi connectivity index (χ4n) is 2.05. The Labute approximate surface area is 148 Å². The van der Waals surface area contributed by atoms with Gasteiger partial charge in [0.05, 0.1) is 26.8 Å². The van der Waals surface area contributed by atoms with Gasteiger partial charge in [0.15, 0.2) is 0 Å². The van der Waals surface area contributed by atoms with Crippen molar-refractivity contribution in [1.29, 1.82) is 0 Å². The van der Waals surface area contributed by atoms with Crippen LogP contribution in [0.1, 0.15) is 28.7 Å². The van der Waals surface area contributed by atoms with Crippen LogP contribution in [-0.4, -0.2) is 32.3 Å². The molecule has 1 aromatic carbocycles. The summed E-state index contributed by atoms with van der Waals surface area (Å²) in [5, 5.41) is 9.47. The number of hydrogen-bond acceptors (Lipinski definition) is 6. The zero-order chi connectivity index (χ0) is 18.8. The summed E-state index contributed by atoms with van der Waals surface area (Å²) in [6.07, 6.45) is -3.16. The van der Waals surface area contributed by atoms with Gasteiger partial charge in [-0.15, -0.1) is 16.9 Å². The van der Waals surface area contributed by atoms with Crippen LogP contribution in [0.3, 0.4) is 0 Å². The number of nitrogens with zero attached hydrogens (tertiary/aromatic N) is 2. The molecule has 11 heteroatoms. The lowest BCUT2D eigenvalue weighted by Crippen LogP contribution is -2.18. The Morgan fingerprint density at radius 3 is 2.52 bits per heavy atom. The summed E-state index contributed by atoms with van der Waals surface area (Å²) in [7, 11) is -1.90. The molecule has 0 bridgehead atoms. The zero-order valence-corrected chi connectivity index (χ0v) is 15.1. The molecule has 0 unspecified atom stereocenters. The SMILES string of the molecule is CC[S@@](=O)c1c(C(F)(F)F)ccc(C(=O)Nc2nnc(C)o2)c1SC. The molecule has 2 rings (SSSR count). The minimum Gasteiger partial charge on any atom is -0.408 e. The number of carbonyl (C=O) groups is 1. The van der Waals surface area contributed by atoms with Crippen LogP contribution in [-0.2, 0) is 17.0 Å². The molecule has 6 nitrogen and oxygen atoms in total. The standard InChI is InChI=1S/C14H14F3N3O3S2/c1-4-25(22)11-9(14(15,16)17)6-5-8(10(11)24-3)12(21)18-13-20-19-7(2)23-13/h5-6H,4H2,1-3H3,(H,18,20,21)/t25-/m1/s1. The predicted octanol–water partition coefficient (Wildman–Crippen LogP) is 3.50. The van der Waals surface area contributed by atoms with E-state index in [0.717, 1.165) is 23.9 Å². The molecule has 0 saturated carbocycles. The van der Waals surface area contributed by atoms with Gasteiger partial charge in [0.25, 0.3) is 5.91 Å². The topological polar surface area (TPSA) is 85.1 Å². The Morgan fingerprint density at radius 2 is 2.04 bits per heavy atom. The van der Waals surface area contributed by atoms with Gasteiger partial charge >= 0.3 is 12.2 Å². The molecule has 25 heavy (non-hydrogen) atoms. The average molecular weight is 393 g/mol. The van der Waals surface area contributed by atoms with Crippen molar-refractivity contribution in [3.8, 4) is 0 Å². The maximum Gasteiger partial charge on any atom is 0.417 e. The van der Waals surface area contributed by atoms with E-state index in [2.05, 4.69) is 15.5 Å². The molecule has 0 aliphatic heterocycles. The second-order valence-electron chi connectivity index (χ2n) is 4.74. The molecule has 0 aliphatic carbocycles. The molecule has 1 N–H and O–H groups in total. The van der Waals surface area contributed by atoms with E-state index < -0.39 is 33.3 Å². The maximum atomic E-state index is 13.3. The van der Waals surface area contributed by atoms with Crippen molar-refractivity contribution in [2.24, 2.45) is 0 Å². The number of anilines is 1. The highest BCUT2D eigenvalue weighted by atomic mass is 32.2. The van der Waals surface area contributed by atoms with Crippen molar-refractivity contribution >= 4 is 34.5 Å². The van der Waals surface area contributed by atoms with Crippen molar-refractivity contribution < 1.29 is 26.6 Å². The molecule has 1 heterocycles. The summed E-state index contributed by atoms with van der Waals surface area (Å²) < 4.78 is 57.0. The molecule has 0 aliphatic rings. The van der Waals surface area contributed by atoms with Gasteiger partial charge in [0.1, 0.15) is 0 Å². The van der Waals surface area contributed by atoms with Crippen molar-refractivity contribution in [3.05, 3.63) is 29.2 Å². The molecule has 1 aromatic heterocycles. The first-order valence-electron chi connectivity index (χ1n) is 6.97. The van der Waals surface area contributed by atoms with Gasteiger partial charge < -0.3 is 4.42 Å². The Morgan fingerprint density at radius 1 is 1.36 bits per heavy atom. The summed E-state index contributed by atoms with van der Waals surface area (Å²) >= 11 is 0.920. The fraction of sp³-hybridized carbons (Fsp3) is 0.357. The number of rotatable bonds is 5. The molecule has 0 radical (unpaired) electrons. The van der Waals surface area contributed by atoms with E-state index in [-0.39, 0.29) is 28.1 Å². The van der Waals surface area contributed by atoms with Gasteiger partial charge in [-0.05, 0) is 18.4 Å². The normalized spacial score (nSPS) is 12.9. The van der Waals surface area contributed by atoms with E-state index in [1.807, 2.05) is 0 Å². The number of amides is 1. The van der Waals surface area contributed by atoms with E-state index in [1.165, 1.54) is 20.1 Å². The second-order valence-corrected chi connectivity index (χ2v) is 7.23. The highest BCUT2D eigenvalue weighted by Crippen LogP contribution is 2.39. The van der Waals surface area contributed by atoms with E-state index in [1.54, 1.807) is 0 Å². The third-order valence-corrected chi connectivity index (χ3v) is 5.47. The number of aryl methyl sites for hydroxylation is 1. The van der Waals surface area contributed by atoms with Crippen LogP contribution in [0.2, 0.25) is 0 Å². The summed E-state index contributed by atoms with van der Waals surface area (Å²) in [4.78, 5) is 12.0. The smallest absolute Gasteiger partial charge is 0.408 e. The van der Waals surface area contributed by atoms with Crippen molar-refractivity contribution in [3.63, 3.8) is 0 Å². The molecule has 0 spiro atoms. The van der Waals surface area contributed by atoms with Crippen molar-refractivity contribution in [2.75, 3.05) is 17.3 Å². The number of thioether (sulfide) groups is 1. The van der Waals surface area contributed by atoms with Crippen LogP contribution >= 0.6 is 11.8 Å². The zero-order valence-electron chi connectivity index (χ0n) is 13.4. The third-order valence-electron chi connectivity index (χ3n) is 3.10. The first-order chi connectivity index (χ1) is 11.7. The number of benzene rings is 1. The molecule has 0 saturated heterocycles. The number of nitrogens with one attached hydrogen (secondary N) is 1. The van der Waals surface area contributed by atoms with Crippen LogP contribution in [0.25, 0.3) is 0 Å². The lowest BCUT2D eigenvalue weighted by molar-refractivity contribution is -0.140. The lowest BCUT2D eigenvalue weighted by Gasteiger charge is -2.17. The number of hydrogen-bond donors (Lipinski definition) is 1. The van der Waals surface area contributed by atoms with Gasteiger partial charge in [-0.1, -0.05) is 12.0 Å². The van der Waals surface area contributed by atoms with Gasteiger partial charge in [0.2, 0.25) is 5.89 Å². The Kier molecular flexibility index (Phi) is 5.88. The largest absolute Gasteiger partial charge is 0.417 e. The van der Waals surface area contributed by atoms with Crippen LogP contribution in [0.5, 0.6) is 0 Å². The minimum absolute atomic E-state index is 0.00347. The molecular weight excluding hydrogens is 379 g/mol. The fourth-order valence-corrected chi connectivity index (χ4v) is 4.29. The maximum absolute atomic E-state index is 13.3. The third kappa shape index (κ3) is 4.21. The Hall–Kier alpha value is -1.88. The van der Waals surface area contributed by atoms with E-state index in [0.29, 0.717) is 0 Å². The Balaban J connectivity index is 2.55. The number of halogens is 3. The van der Waals surface area contributed by atoms with Crippen LogP contribution in [0.15, 0.2) is 26.3 Å². The molecule has 0 fully saturated rings. The number of alkyl halides is 3. The van der Waals surface area contributed by atoms with Crippen LogP contribution < -0.4 is 5.32 Å². The summed E-state index contributed by atoms with van der Waals surface area (Å²) in [6, 6.07) is 1.63. The van der Waals surface area contributed by atoms with Gasteiger partial charge in [-0.3, -0.25) is 14.3 Å². The first-order valence-corrected chi connectivity index (χ1v) is 9.51. The highest BCUT2D eigenvalue weighted by Gasteiger charge is 2.37. The monoisotopic (exact) mass is 393 g/mol. The molecule has 1 atom stereocenters. The second kappa shape index (κ2) is 7.56. The highest BCUT2D eigenvalue weighted by molar-refractivity contribution is 7.99. The number of aromatic nitrogens is 2. The lowest BCUT2D eigenvalue weighted by atomic mass is 10.1. The van der Waals surface area contributed by atoms with Gasteiger partial charge in [0, 0.05) is 17.6 Å². The van der Waals surface area contributed by atoms with Gasteiger partial charge in [-0.2, -0.15) is 13.2 Å². The van der Waals surface area contributed by atoms with E-state index in [4.69, 9.17) is 4.42 Å². The van der Waals surface area contributed by atoms with E-state index in [9.17, 15) is 22.2 Å². The van der Waals surface area contributed by atoms with Crippen LogP contribution in [0.4, 0.5) is 19.2 Å². The van der Waals surface area contributed by atoms with Gasteiger partial charge in [-0.25, -0.2) is 0 Å². The summed E-state index contributed by atoms with van der Waals surface area (Å²) in [6.45, 7) is 3.03. The van der Waals surface area contributed by atoms with Crippen molar-refractivity contribution in [1.82, 2.24) is 10.2 Å². The Bertz CT molecular complexity index is 821. The average Bonchev–Trinajstić information content (AvgIpc) is 2.96. The molecule has 2 aromatic rings. The van der Waals surface area contributed by atoms with E-state index >= 15 is 0 Å². The van der Waals surface area contributed by atoms with Crippen LogP contribution in [0, 0.1) is 6.92 Å². The molecule has 1 amide bonds. The molecular formula is C14H14F3N3O3S2. The number of carbonyl (C=O) groups excluding carboxylic acids is 1. The summed E-state index contributed by atoms with van der Waals surface area (Å²) in [5.74, 6) is -0.512. The quantitative estimate of drug-likeness (QED) is 0.783. The first kappa shape index (κ1) is 19.4. The minimum atomic E-state index is -4.68. The summed E-state index contributed by atoms with van der Waals surface area (Å²) in [5.41, 5.74) is -1.06. The van der Waals surface area contributed by atoms with Crippen molar-refractivity contribution in [2.45, 2.75) is 29.8 Å². The predicted molar refractivity (Wildman–Crippen MR) is 87.2 cm³/mol. The molecule has 136 valence electrons.